The van der Waals surface area contributed by atoms with Crippen molar-refractivity contribution in [2.24, 2.45) is 0 Å². The largest absolute Gasteiger partial charge is 0.309 e. The lowest BCUT2D eigenvalue weighted by Gasteiger charge is -2.14. The van der Waals surface area contributed by atoms with Gasteiger partial charge in [-0.1, -0.05) is 18.2 Å². The molecule has 2 aromatic rings. The fourth-order valence-electron chi connectivity index (χ4n) is 1.90. The summed E-state index contributed by atoms with van der Waals surface area (Å²) >= 11 is 0. The molecule has 0 saturated carbocycles. The molecule has 1 unspecified atom stereocenters. The third-order valence-electron chi connectivity index (χ3n) is 3.13. The first kappa shape index (κ1) is 13.8. The number of aromatic nitrogens is 2. The van der Waals surface area contributed by atoms with Crippen LogP contribution in [0.5, 0.6) is 0 Å². The zero-order chi connectivity index (χ0) is 13.7. The van der Waals surface area contributed by atoms with Gasteiger partial charge in [0.05, 0.1) is 11.9 Å². The third kappa shape index (κ3) is 3.91. The quantitative estimate of drug-likeness (QED) is 0.861. The van der Waals surface area contributed by atoms with Gasteiger partial charge in [0.2, 0.25) is 0 Å². The maximum Gasteiger partial charge on any atom is 0.0645 e. The Morgan fingerprint density at radius 2 is 2.00 bits per heavy atom. The number of rotatable bonds is 6. The average Bonchev–Trinajstić information content (AvgIpc) is 2.89. The van der Waals surface area contributed by atoms with Crippen LogP contribution in [0.1, 0.15) is 18.5 Å². The van der Waals surface area contributed by atoms with Gasteiger partial charge in [0.15, 0.2) is 0 Å². The Morgan fingerprint density at radius 3 is 2.68 bits per heavy atom. The molecule has 1 aromatic carbocycles. The van der Waals surface area contributed by atoms with Crippen molar-refractivity contribution in [2.45, 2.75) is 13.0 Å². The van der Waals surface area contributed by atoms with Crippen LogP contribution in [0.4, 0.5) is 0 Å². The second-order valence-corrected chi connectivity index (χ2v) is 5.03. The second kappa shape index (κ2) is 6.50. The van der Waals surface area contributed by atoms with Crippen LogP contribution < -0.4 is 5.32 Å². The first-order valence-electron chi connectivity index (χ1n) is 6.65. The molecular formula is C15H22N4. The van der Waals surface area contributed by atoms with Gasteiger partial charge in [-0.3, -0.25) is 0 Å². The second-order valence-electron chi connectivity index (χ2n) is 5.03. The van der Waals surface area contributed by atoms with Crippen molar-refractivity contribution in [2.75, 3.05) is 27.2 Å². The molecule has 1 N–H and O–H groups in total. The van der Waals surface area contributed by atoms with Gasteiger partial charge >= 0.3 is 0 Å². The lowest BCUT2D eigenvalue weighted by molar-refractivity contribution is 0.389. The van der Waals surface area contributed by atoms with Crippen molar-refractivity contribution in [3.63, 3.8) is 0 Å². The van der Waals surface area contributed by atoms with Gasteiger partial charge in [-0.15, -0.1) is 0 Å². The molecule has 1 atom stereocenters. The molecule has 0 aliphatic heterocycles. The summed E-state index contributed by atoms with van der Waals surface area (Å²) in [6.45, 7) is 4.18. The van der Waals surface area contributed by atoms with E-state index in [2.05, 4.69) is 54.7 Å². The summed E-state index contributed by atoms with van der Waals surface area (Å²) in [5.41, 5.74) is 2.30. The lowest BCUT2D eigenvalue weighted by Crippen LogP contribution is -2.28. The summed E-state index contributed by atoms with van der Waals surface area (Å²) in [6, 6.07) is 10.5. The van der Waals surface area contributed by atoms with E-state index in [9.17, 15) is 0 Å². The number of nitrogens with one attached hydrogen (secondary N) is 1. The predicted molar refractivity (Wildman–Crippen MR) is 78.5 cm³/mol. The summed E-state index contributed by atoms with van der Waals surface area (Å²) in [7, 11) is 4.17. The Balaban J connectivity index is 1.97. The van der Waals surface area contributed by atoms with Crippen LogP contribution in [0, 0.1) is 0 Å². The van der Waals surface area contributed by atoms with E-state index in [0.717, 1.165) is 18.8 Å². The van der Waals surface area contributed by atoms with Gasteiger partial charge in [0, 0.05) is 30.9 Å². The van der Waals surface area contributed by atoms with Gasteiger partial charge < -0.3 is 10.2 Å². The third-order valence-corrected chi connectivity index (χ3v) is 3.13. The molecule has 2 rings (SSSR count). The summed E-state index contributed by atoms with van der Waals surface area (Å²) in [6.07, 6.45) is 4.02. The lowest BCUT2D eigenvalue weighted by atomic mass is 10.2. The van der Waals surface area contributed by atoms with E-state index in [0.29, 0.717) is 6.04 Å². The summed E-state index contributed by atoms with van der Waals surface area (Å²) in [5.74, 6) is 0. The van der Waals surface area contributed by atoms with Crippen LogP contribution in [0.3, 0.4) is 0 Å². The van der Waals surface area contributed by atoms with Crippen molar-refractivity contribution in [1.29, 1.82) is 0 Å². The fourth-order valence-corrected chi connectivity index (χ4v) is 1.90. The molecule has 0 saturated heterocycles. The van der Waals surface area contributed by atoms with Crippen molar-refractivity contribution in [3.05, 3.63) is 48.3 Å². The van der Waals surface area contributed by atoms with Crippen molar-refractivity contribution < 1.29 is 0 Å². The highest BCUT2D eigenvalue weighted by molar-refractivity contribution is 5.31. The van der Waals surface area contributed by atoms with Crippen LogP contribution in [0.2, 0.25) is 0 Å². The number of hydrogen-bond donors (Lipinski definition) is 1. The van der Waals surface area contributed by atoms with E-state index in [-0.39, 0.29) is 0 Å². The molecule has 0 aliphatic rings. The van der Waals surface area contributed by atoms with E-state index in [1.54, 1.807) is 0 Å². The van der Waals surface area contributed by atoms with E-state index >= 15 is 0 Å². The van der Waals surface area contributed by atoms with Crippen LogP contribution in [-0.2, 0) is 0 Å². The molecule has 1 heterocycles. The van der Waals surface area contributed by atoms with E-state index in [1.807, 2.05) is 29.1 Å². The van der Waals surface area contributed by atoms with E-state index < -0.39 is 0 Å². The molecule has 19 heavy (non-hydrogen) atoms. The number of para-hydroxylation sites is 1. The van der Waals surface area contributed by atoms with Gasteiger partial charge in [0.1, 0.15) is 0 Å². The Labute approximate surface area is 115 Å². The molecule has 102 valence electrons. The normalized spacial score (nSPS) is 12.8. The zero-order valence-electron chi connectivity index (χ0n) is 11.9. The molecule has 4 nitrogen and oxygen atoms in total. The number of nitrogens with zero attached hydrogens (tertiary/aromatic N) is 3. The summed E-state index contributed by atoms with van der Waals surface area (Å²) in [5, 5.41) is 7.92. The first-order chi connectivity index (χ1) is 9.16. The van der Waals surface area contributed by atoms with Crippen molar-refractivity contribution in [1.82, 2.24) is 20.0 Å². The molecular weight excluding hydrogens is 236 g/mol. The minimum absolute atomic E-state index is 0.317. The molecule has 0 spiro atoms. The monoisotopic (exact) mass is 258 g/mol. The van der Waals surface area contributed by atoms with Crippen LogP contribution in [0.15, 0.2) is 42.7 Å². The Morgan fingerprint density at radius 1 is 1.26 bits per heavy atom. The average molecular weight is 258 g/mol. The van der Waals surface area contributed by atoms with E-state index in [1.165, 1.54) is 5.56 Å². The fraction of sp³-hybridized carbons (Fsp3) is 0.400. The highest BCUT2D eigenvalue weighted by atomic mass is 15.3. The number of likely N-dealkylation sites (N-methyl/N-ethyl adjacent to an activating group) is 1. The van der Waals surface area contributed by atoms with Gasteiger partial charge in [-0.25, -0.2) is 4.68 Å². The van der Waals surface area contributed by atoms with Crippen LogP contribution in [-0.4, -0.2) is 41.9 Å². The Kier molecular flexibility index (Phi) is 4.71. The van der Waals surface area contributed by atoms with E-state index in [4.69, 9.17) is 0 Å². The first-order valence-corrected chi connectivity index (χ1v) is 6.65. The topological polar surface area (TPSA) is 33.1 Å². The van der Waals surface area contributed by atoms with Gasteiger partial charge in [-0.2, -0.15) is 5.10 Å². The van der Waals surface area contributed by atoms with Gasteiger partial charge in [-0.05, 0) is 33.2 Å². The van der Waals surface area contributed by atoms with Crippen LogP contribution >= 0.6 is 0 Å². The summed E-state index contributed by atoms with van der Waals surface area (Å²) in [4.78, 5) is 2.17. The minimum Gasteiger partial charge on any atom is -0.309 e. The molecule has 0 amide bonds. The molecule has 0 bridgehead atoms. The SMILES string of the molecule is CC(NCCN(C)C)c1cnn(-c2ccccc2)c1. The highest BCUT2D eigenvalue weighted by Crippen LogP contribution is 2.13. The van der Waals surface area contributed by atoms with Crippen molar-refractivity contribution in [3.8, 4) is 5.69 Å². The minimum atomic E-state index is 0.317. The zero-order valence-corrected chi connectivity index (χ0v) is 11.9. The van der Waals surface area contributed by atoms with Gasteiger partial charge in [0.25, 0.3) is 0 Å². The molecule has 0 radical (unpaired) electrons. The van der Waals surface area contributed by atoms with Crippen LogP contribution in [0.25, 0.3) is 5.69 Å². The Hall–Kier alpha value is -1.65. The maximum absolute atomic E-state index is 4.42. The highest BCUT2D eigenvalue weighted by Gasteiger charge is 2.08. The molecule has 0 aliphatic carbocycles. The molecule has 4 heteroatoms. The number of hydrogen-bond acceptors (Lipinski definition) is 3. The smallest absolute Gasteiger partial charge is 0.0645 e. The standard InChI is InChI=1S/C15H22N4/c1-13(16-9-10-18(2)3)14-11-17-19(12-14)15-7-5-4-6-8-15/h4-8,11-13,16H,9-10H2,1-3H3. The molecule has 0 fully saturated rings. The maximum atomic E-state index is 4.42. The summed E-state index contributed by atoms with van der Waals surface area (Å²) < 4.78 is 1.92. The molecule has 1 aromatic heterocycles. The number of benzene rings is 1. The van der Waals surface area contributed by atoms with Crippen molar-refractivity contribution >= 4 is 0 Å². The Bertz CT molecular complexity index is 490. The predicted octanol–water partition coefficient (Wildman–Crippen LogP) is 2.08.